The van der Waals surface area contributed by atoms with Crippen molar-refractivity contribution < 1.29 is 9.90 Å². The lowest BCUT2D eigenvalue weighted by atomic mass is 9.79. The van der Waals surface area contributed by atoms with Gasteiger partial charge in [0.15, 0.2) is 0 Å². The second kappa shape index (κ2) is 7.05. The van der Waals surface area contributed by atoms with Crippen molar-refractivity contribution in [3.8, 4) is 0 Å². The number of hydrogen-bond donors (Lipinski definition) is 3. The van der Waals surface area contributed by atoms with E-state index in [4.69, 9.17) is 0 Å². The molecule has 0 bridgehead atoms. The SMILES string of the molecule is Cc1ccc(NC(=O)CNCC2(O)CCCC(C)C2)cc1. The summed E-state index contributed by atoms with van der Waals surface area (Å²) in [5, 5.41) is 16.4. The molecule has 0 aromatic heterocycles. The highest BCUT2D eigenvalue weighted by Gasteiger charge is 2.32. The predicted molar refractivity (Wildman–Crippen MR) is 85.3 cm³/mol. The van der Waals surface area contributed by atoms with Crippen LogP contribution in [0.5, 0.6) is 0 Å². The van der Waals surface area contributed by atoms with Crippen LogP contribution in [-0.2, 0) is 4.79 Å². The van der Waals surface area contributed by atoms with E-state index in [9.17, 15) is 9.90 Å². The molecule has 0 heterocycles. The predicted octanol–water partition coefficient (Wildman–Crippen LogP) is 2.46. The fourth-order valence-electron chi connectivity index (χ4n) is 3.04. The summed E-state index contributed by atoms with van der Waals surface area (Å²) in [6.45, 7) is 4.90. The van der Waals surface area contributed by atoms with E-state index in [1.807, 2.05) is 31.2 Å². The second-order valence-electron chi connectivity index (χ2n) is 6.44. The lowest BCUT2D eigenvalue weighted by Gasteiger charge is -2.35. The second-order valence-corrected chi connectivity index (χ2v) is 6.44. The minimum atomic E-state index is -0.651. The molecule has 1 aromatic carbocycles. The summed E-state index contributed by atoms with van der Waals surface area (Å²) in [4.78, 5) is 11.9. The maximum Gasteiger partial charge on any atom is 0.238 e. The number of hydrogen-bond acceptors (Lipinski definition) is 3. The Kier molecular flexibility index (Phi) is 5.37. The van der Waals surface area contributed by atoms with Crippen molar-refractivity contribution in [3.05, 3.63) is 29.8 Å². The van der Waals surface area contributed by atoms with Crippen molar-refractivity contribution in [2.45, 2.75) is 45.1 Å². The van der Waals surface area contributed by atoms with E-state index < -0.39 is 5.60 Å². The van der Waals surface area contributed by atoms with Crippen molar-refractivity contribution in [2.24, 2.45) is 5.92 Å². The topological polar surface area (TPSA) is 61.4 Å². The summed E-state index contributed by atoms with van der Waals surface area (Å²) in [5.41, 5.74) is 1.32. The average Bonchev–Trinajstić information content (AvgIpc) is 2.41. The van der Waals surface area contributed by atoms with Gasteiger partial charge < -0.3 is 15.7 Å². The largest absolute Gasteiger partial charge is 0.389 e. The Morgan fingerprint density at radius 3 is 2.76 bits per heavy atom. The summed E-state index contributed by atoms with van der Waals surface area (Å²) in [6.07, 6.45) is 3.90. The minimum absolute atomic E-state index is 0.0775. The molecule has 4 nitrogen and oxygen atoms in total. The first-order valence-electron chi connectivity index (χ1n) is 7.76. The number of nitrogens with one attached hydrogen (secondary N) is 2. The van der Waals surface area contributed by atoms with Crippen LogP contribution in [0.3, 0.4) is 0 Å². The number of carbonyl (C=O) groups excluding carboxylic acids is 1. The highest BCUT2D eigenvalue weighted by molar-refractivity contribution is 5.92. The summed E-state index contributed by atoms with van der Waals surface area (Å²) in [6, 6.07) is 7.72. The Balaban J connectivity index is 1.72. The van der Waals surface area contributed by atoms with Gasteiger partial charge in [-0.3, -0.25) is 4.79 Å². The monoisotopic (exact) mass is 290 g/mol. The summed E-state index contributed by atoms with van der Waals surface area (Å²) >= 11 is 0. The van der Waals surface area contributed by atoms with Crippen LogP contribution < -0.4 is 10.6 Å². The van der Waals surface area contributed by atoms with Gasteiger partial charge in [0.05, 0.1) is 12.1 Å². The quantitative estimate of drug-likeness (QED) is 0.780. The number of benzene rings is 1. The standard InChI is InChI=1S/C17H26N2O2/c1-13-5-7-15(8-6-13)19-16(20)11-18-12-17(21)9-3-4-14(2)10-17/h5-8,14,18,21H,3-4,9-12H2,1-2H3,(H,19,20). The van der Waals surface area contributed by atoms with Gasteiger partial charge in [0.25, 0.3) is 0 Å². The van der Waals surface area contributed by atoms with Crippen LogP contribution in [0, 0.1) is 12.8 Å². The normalized spacial score (nSPS) is 25.6. The van der Waals surface area contributed by atoms with Crippen LogP contribution in [0.2, 0.25) is 0 Å². The fraction of sp³-hybridized carbons (Fsp3) is 0.588. The van der Waals surface area contributed by atoms with Gasteiger partial charge in [-0.1, -0.05) is 37.5 Å². The van der Waals surface area contributed by atoms with Gasteiger partial charge in [0.1, 0.15) is 0 Å². The number of aryl methyl sites for hydroxylation is 1. The van der Waals surface area contributed by atoms with Gasteiger partial charge >= 0.3 is 0 Å². The van der Waals surface area contributed by atoms with Crippen LogP contribution >= 0.6 is 0 Å². The molecule has 2 rings (SSSR count). The molecule has 1 aliphatic carbocycles. The molecule has 2 unspecified atom stereocenters. The van der Waals surface area contributed by atoms with Crippen LogP contribution in [-0.4, -0.2) is 29.7 Å². The minimum Gasteiger partial charge on any atom is -0.389 e. The summed E-state index contributed by atoms with van der Waals surface area (Å²) in [7, 11) is 0. The van der Waals surface area contributed by atoms with Crippen LogP contribution in [0.15, 0.2) is 24.3 Å². The molecule has 0 saturated heterocycles. The number of rotatable bonds is 5. The maximum atomic E-state index is 11.9. The van der Waals surface area contributed by atoms with E-state index in [-0.39, 0.29) is 12.5 Å². The molecule has 116 valence electrons. The van der Waals surface area contributed by atoms with E-state index in [1.165, 1.54) is 12.0 Å². The molecule has 2 atom stereocenters. The lowest BCUT2D eigenvalue weighted by Crippen LogP contribution is -2.45. The van der Waals surface area contributed by atoms with Gasteiger partial charge in [-0.25, -0.2) is 0 Å². The zero-order valence-corrected chi connectivity index (χ0v) is 13.0. The van der Waals surface area contributed by atoms with Crippen molar-refractivity contribution in [3.63, 3.8) is 0 Å². The van der Waals surface area contributed by atoms with E-state index >= 15 is 0 Å². The zero-order valence-electron chi connectivity index (χ0n) is 13.0. The van der Waals surface area contributed by atoms with Crippen LogP contribution in [0.25, 0.3) is 0 Å². The highest BCUT2D eigenvalue weighted by Crippen LogP contribution is 2.31. The van der Waals surface area contributed by atoms with Crippen LogP contribution in [0.4, 0.5) is 5.69 Å². The molecule has 0 aliphatic heterocycles. The van der Waals surface area contributed by atoms with Crippen molar-refractivity contribution >= 4 is 11.6 Å². The first-order valence-corrected chi connectivity index (χ1v) is 7.76. The van der Waals surface area contributed by atoms with Crippen LogP contribution in [0.1, 0.15) is 38.2 Å². The van der Waals surface area contributed by atoms with Gasteiger partial charge in [-0.15, -0.1) is 0 Å². The van der Waals surface area contributed by atoms with Crippen molar-refractivity contribution in [2.75, 3.05) is 18.4 Å². The first kappa shape index (κ1) is 16.0. The van der Waals surface area contributed by atoms with E-state index in [1.54, 1.807) is 0 Å². The molecule has 1 saturated carbocycles. The van der Waals surface area contributed by atoms with E-state index in [0.29, 0.717) is 12.5 Å². The third-order valence-corrected chi connectivity index (χ3v) is 4.14. The third kappa shape index (κ3) is 5.14. The smallest absolute Gasteiger partial charge is 0.238 e. The molecular weight excluding hydrogens is 264 g/mol. The lowest BCUT2D eigenvalue weighted by molar-refractivity contribution is -0.115. The van der Waals surface area contributed by atoms with Crippen molar-refractivity contribution in [1.82, 2.24) is 5.32 Å². The first-order chi connectivity index (χ1) is 9.97. The number of carbonyl (C=O) groups is 1. The van der Waals surface area contributed by atoms with Gasteiger partial charge in [0.2, 0.25) is 5.91 Å². The molecule has 3 N–H and O–H groups in total. The fourth-order valence-corrected chi connectivity index (χ4v) is 3.04. The number of anilines is 1. The Morgan fingerprint density at radius 1 is 1.38 bits per heavy atom. The Bertz CT molecular complexity index is 472. The molecule has 4 heteroatoms. The number of aliphatic hydroxyl groups is 1. The zero-order chi connectivity index (χ0) is 15.3. The van der Waals surface area contributed by atoms with Crippen molar-refractivity contribution in [1.29, 1.82) is 0 Å². The molecule has 1 fully saturated rings. The highest BCUT2D eigenvalue weighted by atomic mass is 16.3. The molecule has 1 amide bonds. The van der Waals surface area contributed by atoms with E-state index in [0.717, 1.165) is 24.9 Å². The van der Waals surface area contributed by atoms with E-state index in [2.05, 4.69) is 17.6 Å². The molecule has 1 aromatic rings. The summed E-state index contributed by atoms with van der Waals surface area (Å²) < 4.78 is 0. The Labute approximate surface area is 126 Å². The van der Waals surface area contributed by atoms with Gasteiger partial charge in [0, 0.05) is 12.2 Å². The van der Waals surface area contributed by atoms with Gasteiger partial charge in [-0.05, 0) is 37.8 Å². The molecule has 0 radical (unpaired) electrons. The summed E-state index contributed by atoms with van der Waals surface area (Å²) in [5.74, 6) is 0.484. The third-order valence-electron chi connectivity index (χ3n) is 4.14. The average molecular weight is 290 g/mol. The Morgan fingerprint density at radius 2 is 2.10 bits per heavy atom. The van der Waals surface area contributed by atoms with Gasteiger partial charge in [-0.2, -0.15) is 0 Å². The number of amides is 1. The molecule has 1 aliphatic rings. The Hall–Kier alpha value is -1.39. The molecule has 21 heavy (non-hydrogen) atoms. The molecule has 0 spiro atoms. The maximum absolute atomic E-state index is 11.9. The molecular formula is C17H26N2O2.